The van der Waals surface area contributed by atoms with Gasteiger partial charge >= 0.3 is 0 Å². The fourth-order valence-electron chi connectivity index (χ4n) is 1.66. The summed E-state index contributed by atoms with van der Waals surface area (Å²) in [6.45, 7) is 0.210. The van der Waals surface area contributed by atoms with Gasteiger partial charge in [-0.25, -0.2) is 4.39 Å². The van der Waals surface area contributed by atoms with Crippen molar-refractivity contribution in [3.05, 3.63) is 35.8 Å². The van der Waals surface area contributed by atoms with Crippen LogP contribution in [-0.4, -0.2) is 22.7 Å². The van der Waals surface area contributed by atoms with E-state index in [1.54, 1.807) is 12.3 Å². The van der Waals surface area contributed by atoms with E-state index in [1.807, 2.05) is 0 Å². The van der Waals surface area contributed by atoms with Gasteiger partial charge in [0.05, 0.1) is 6.10 Å². The number of aromatic nitrogens is 1. The maximum Gasteiger partial charge on any atom is 0.123 e. The maximum absolute atomic E-state index is 13.0. The molecule has 0 spiro atoms. The van der Waals surface area contributed by atoms with Crippen LogP contribution in [0.25, 0.3) is 10.9 Å². The van der Waals surface area contributed by atoms with E-state index in [2.05, 4.69) is 4.98 Å². The third-order valence-electron chi connectivity index (χ3n) is 2.46. The molecule has 1 unspecified atom stereocenters. The summed E-state index contributed by atoms with van der Waals surface area (Å²) in [7, 11) is 0. The maximum atomic E-state index is 13.0. The molecule has 2 rings (SSSR count). The number of nitrogens with two attached hydrogens (primary N) is 1. The van der Waals surface area contributed by atoms with Crippen molar-refractivity contribution >= 4 is 10.9 Å². The van der Waals surface area contributed by atoms with Gasteiger partial charge in [0.2, 0.25) is 0 Å². The zero-order chi connectivity index (χ0) is 10.8. The first-order valence-electron chi connectivity index (χ1n) is 4.84. The number of fused-ring (bicyclic) bond motifs is 1. The van der Waals surface area contributed by atoms with Gasteiger partial charge in [-0.05, 0) is 23.8 Å². The predicted octanol–water partition coefficient (Wildman–Crippen LogP) is 1.17. The van der Waals surface area contributed by atoms with Crippen LogP contribution in [0.3, 0.4) is 0 Å². The van der Waals surface area contributed by atoms with Crippen molar-refractivity contribution < 1.29 is 9.50 Å². The molecule has 0 radical (unpaired) electrons. The fourth-order valence-corrected chi connectivity index (χ4v) is 1.66. The van der Waals surface area contributed by atoms with Crippen molar-refractivity contribution in [3.63, 3.8) is 0 Å². The van der Waals surface area contributed by atoms with E-state index in [-0.39, 0.29) is 12.4 Å². The number of aromatic amines is 1. The Hall–Kier alpha value is -1.39. The molecule has 0 saturated carbocycles. The topological polar surface area (TPSA) is 62.0 Å². The molecule has 4 N–H and O–H groups in total. The van der Waals surface area contributed by atoms with Crippen LogP contribution in [-0.2, 0) is 6.42 Å². The van der Waals surface area contributed by atoms with Crippen molar-refractivity contribution in [2.24, 2.45) is 5.73 Å². The van der Waals surface area contributed by atoms with E-state index < -0.39 is 6.10 Å². The van der Waals surface area contributed by atoms with Crippen LogP contribution < -0.4 is 5.73 Å². The molecule has 4 heteroatoms. The van der Waals surface area contributed by atoms with E-state index in [0.29, 0.717) is 6.42 Å². The van der Waals surface area contributed by atoms with Gasteiger partial charge < -0.3 is 15.8 Å². The number of H-pyrrole nitrogens is 1. The number of aliphatic hydroxyl groups excluding tert-OH is 1. The van der Waals surface area contributed by atoms with Crippen LogP contribution in [0.2, 0.25) is 0 Å². The van der Waals surface area contributed by atoms with Gasteiger partial charge in [0.1, 0.15) is 5.82 Å². The zero-order valence-electron chi connectivity index (χ0n) is 8.20. The van der Waals surface area contributed by atoms with Crippen molar-refractivity contribution in [2.45, 2.75) is 12.5 Å². The number of halogens is 1. The summed E-state index contributed by atoms with van der Waals surface area (Å²) in [6, 6.07) is 4.55. The smallest absolute Gasteiger partial charge is 0.123 e. The molecule has 1 heterocycles. The van der Waals surface area contributed by atoms with Crippen LogP contribution in [0.5, 0.6) is 0 Å². The molecule has 3 nitrogen and oxygen atoms in total. The average molecular weight is 208 g/mol. The Morgan fingerprint density at radius 2 is 2.27 bits per heavy atom. The molecule has 1 aromatic carbocycles. The minimum atomic E-state index is -0.577. The monoisotopic (exact) mass is 208 g/mol. The van der Waals surface area contributed by atoms with Gasteiger partial charge in [-0.2, -0.15) is 0 Å². The van der Waals surface area contributed by atoms with Gasteiger partial charge in [-0.1, -0.05) is 0 Å². The molecule has 15 heavy (non-hydrogen) atoms. The summed E-state index contributed by atoms with van der Waals surface area (Å²) in [6.07, 6.45) is 1.65. The first kappa shape index (κ1) is 10.1. The first-order chi connectivity index (χ1) is 7.20. The molecular formula is C11H13FN2O. The molecule has 1 aromatic heterocycles. The van der Waals surface area contributed by atoms with E-state index in [1.165, 1.54) is 12.1 Å². The standard InChI is InChI=1S/C11H13FN2O/c12-8-1-2-11-10(4-8)7(6-14-11)3-9(15)5-13/h1-2,4,6,9,14-15H,3,5,13H2. The minimum Gasteiger partial charge on any atom is -0.391 e. The van der Waals surface area contributed by atoms with E-state index in [9.17, 15) is 9.50 Å². The van der Waals surface area contributed by atoms with Gasteiger partial charge in [0, 0.05) is 30.1 Å². The van der Waals surface area contributed by atoms with Crippen molar-refractivity contribution in [1.82, 2.24) is 4.98 Å². The van der Waals surface area contributed by atoms with Gasteiger partial charge in [-0.15, -0.1) is 0 Å². The Morgan fingerprint density at radius 3 is 3.00 bits per heavy atom. The molecule has 0 aliphatic carbocycles. The lowest BCUT2D eigenvalue weighted by molar-refractivity contribution is 0.184. The lowest BCUT2D eigenvalue weighted by Gasteiger charge is -2.05. The highest BCUT2D eigenvalue weighted by atomic mass is 19.1. The second-order valence-electron chi connectivity index (χ2n) is 3.60. The first-order valence-corrected chi connectivity index (χ1v) is 4.84. The van der Waals surface area contributed by atoms with Crippen LogP contribution >= 0.6 is 0 Å². The van der Waals surface area contributed by atoms with Gasteiger partial charge in [0.25, 0.3) is 0 Å². The molecule has 0 aliphatic heterocycles. The van der Waals surface area contributed by atoms with Crippen molar-refractivity contribution in [2.75, 3.05) is 6.54 Å². The minimum absolute atomic E-state index is 0.210. The second-order valence-corrected chi connectivity index (χ2v) is 3.60. The van der Waals surface area contributed by atoms with Crippen molar-refractivity contribution in [3.8, 4) is 0 Å². The Bertz CT molecular complexity index is 467. The highest BCUT2D eigenvalue weighted by Gasteiger charge is 2.08. The fraction of sp³-hybridized carbons (Fsp3) is 0.273. The van der Waals surface area contributed by atoms with Gasteiger partial charge in [-0.3, -0.25) is 0 Å². The Morgan fingerprint density at radius 1 is 1.47 bits per heavy atom. The summed E-state index contributed by atoms with van der Waals surface area (Å²) >= 11 is 0. The number of rotatable bonds is 3. The Balaban J connectivity index is 2.39. The second kappa shape index (κ2) is 4.00. The van der Waals surface area contributed by atoms with Crippen LogP contribution in [0.4, 0.5) is 4.39 Å². The molecule has 80 valence electrons. The molecule has 0 amide bonds. The SMILES string of the molecule is NCC(O)Cc1c[nH]c2ccc(F)cc12. The number of hydrogen-bond acceptors (Lipinski definition) is 2. The lowest BCUT2D eigenvalue weighted by atomic mass is 10.1. The number of hydrogen-bond donors (Lipinski definition) is 3. The van der Waals surface area contributed by atoms with E-state index >= 15 is 0 Å². The summed E-state index contributed by atoms with van der Waals surface area (Å²) < 4.78 is 13.0. The summed E-state index contributed by atoms with van der Waals surface area (Å²) in [5, 5.41) is 10.2. The molecular weight excluding hydrogens is 195 g/mol. The number of benzene rings is 1. The third kappa shape index (κ3) is 2.00. The molecule has 2 aromatic rings. The Labute approximate surface area is 86.7 Å². The quantitative estimate of drug-likeness (QED) is 0.709. The highest BCUT2D eigenvalue weighted by Crippen LogP contribution is 2.20. The zero-order valence-corrected chi connectivity index (χ0v) is 8.20. The largest absolute Gasteiger partial charge is 0.391 e. The summed E-state index contributed by atoms with van der Waals surface area (Å²) in [4.78, 5) is 3.03. The molecule has 0 aliphatic rings. The molecule has 0 fully saturated rings. The summed E-state index contributed by atoms with van der Waals surface area (Å²) in [5.41, 5.74) is 7.09. The molecule has 0 bridgehead atoms. The predicted molar refractivity (Wildman–Crippen MR) is 57.0 cm³/mol. The van der Waals surface area contributed by atoms with E-state index in [4.69, 9.17) is 5.73 Å². The van der Waals surface area contributed by atoms with E-state index in [0.717, 1.165) is 16.5 Å². The average Bonchev–Trinajstić information content (AvgIpc) is 2.61. The van der Waals surface area contributed by atoms with Gasteiger partial charge in [0.15, 0.2) is 0 Å². The number of aliphatic hydroxyl groups is 1. The van der Waals surface area contributed by atoms with Crippen LogP contribution in [0, 0.1) is 5.82 Å². The Kier molecular flexibility index (Phi) is 2.70. The molecule has 0 saturated heterocycles. The van der Waals surface area contributed by atoms with Crippen LogP contribution in [0.1, 0.15) is 5.56 Å². The molecule has 1 atom stereocenters. The normalized spacial score (nSPS) is 13.3. The number of nitrogens with one attached hydrogen (secondary N) is 1. The van der Waals surface area contributed by atoms with Crippen molar-refractivity contribution in [1.29, 1.82) is 0 Å². The summed E-state index contributed by atoms with van der Waals surface area (Å²) in [5.74, 6) is -0.273. The third-order valence-corrected chi connectivity index (χ3v) is 2.46. The highest BCUT2D eigenvalue weighted by molar-refractivity contribution is 5.83. The van der Waals surface area contributed by atoms with Crippen LogP contribution in [0.15, 0.2) is 24.4 Å². The lowest BCUT2D eigenvalue weighted by Crippen LogP contribution is -2.21.